The fraction of sp³-hybridized carbons (Fsp3) is 0.364. The molecule has 0 unspecified atom stereocenters. The second-order valence-corrected chi connectivity index (χ2v) is 7.96. The molecule has 0 atom stereocenters. The summed E-state index contributed by atoms with van der Waals surface area (Å²) in [5.41, 5.74) is 7.14. The maximum absolute atomic E-state index is 13.5. The molecule has 162 valence electrons. The van der Waals surface area contributed by atoms with E-state index >= 15 is 0 Å². The lowest BCUT2D eigenvalue weighted by Gasteiger charge is -2.34. The number of carbonyl (C=O) groups is 3. The van der Waals surface area contributed by atoms with Crippen LogP contribution in [0.4, 0.5) is 13.6 Å². The first-order valence-electron chi connectivity index (χ1n) is 10.0. The zero-order valence-corrected chi connectivity index (χ0v) is 16.7. The van der Waals surface area contributed by atoms with E-state index in [9.17, 15) is 23.2 Å². The monoisotopic (exact) mass is 428 g/mol. The molecule has 1 saturated carbocycles. The van der Waals surface area contributed by atoms with Gasteiger partial charge in [-0.3, -0.25) is 19.5 Å². The van der Waals surface area contributed by atoms with E-state index in [1.54, 1.807) is 36.5 Å². The van der Waals surface area contributed by atoms with E-state index in [1.165, 1.54) is 0 Å². The molecule has 1 spiro atoms. The van der Waals surface area contributed by atoms with Crippen molar-refractivity contribution in [2.24, 2.45) is 5.73 Å². The average Bonchev–Trinajstić information content (AvgIpc) is 3.00. The molecule has 2 aromatic rings. The predicted octanol–water partition coefficient (Wildman–Crippen LogP) is 2.89. The molecule has 0 radical (unpaired) electrons. The van der Waals surface area contributed by atoms with Crippen LogP contribution in [0, 0.1) is 0 Å². The number of benzene rings is 1. The first-order valence-corrected chi connectivity index (χ1v) is 10.0. The Kier molecular flexibility index (Phi) is 5.30. The van der Waals surface area contributed by atoms with Gasteiger partial charge in [0.1, 0.15) is 5.54 Å². The minimum absolute atomic E-state index is 0.140. The summed E-state index contributed by atoms with van der Waals surface area (Å²) in [7, 11) is 0. The Bertz CT molecular complexity index is 1030. The van der Waals surface area contributed by atoms with Crippen LogP contribution in [0.1, 0.15) is 41.7 Å². The number of nitrogens with two attached hydrogens (primary N) is 1. The summed E-state index contributed by atoms with van der Waals surface area (Å²) in [6.07, 6.45) is 0.432. The Morgan fingerprint density at radius 3 is 2.42 bits per heavy atom. The number of imide groups is 1. The molecule has 1 aromatic carbocycles. The molecule has 1 aromatic heterocycles. The highest BCUT2D eigenvalue weighted by molar-refractivity contribution is 6.11. The van der Waals surface area contributed by atoms with E-state index in [-0.39, 0.29) is 19.4 Å². The van der Waals surface area contributed by atoms with Gasteiger partial charge in [0.2, 0.25) is 5.92 Å². The lowest BCUT2D eigenvalue weighted by atomic mass is 9.80. The van der Waals surface area contributed by atoms with Crippen molar-refractivity contribution in [2.45, 2.75) is 43.7 Å². The lowest BCUT2D eigenvalue weighted by Crippen LogP contribution is -2.51. The third-order valence-electron chi connectivity index (χ3n) is 5.98. The quantitative estimate of drug-likeness (QED) is 0.563. The van der Waals surface area contributed by atoms with Gasteiger partial charge in [0, 0.05) is 36.7 Å². The second kappa shape index (κ2) is 7.81. The van der Waals surface area contributed by atoms with Gasteiger partial charge in [0.15, 0.2) is 5.78 Å². The highest BCUT2D eigenvalue weighted by Gasteiger charge is 2.55. The minimum atomic E-state index is -2.83. The first kappa shape index (κ1) is 21.0. The van der Waals surface area contributed by atoms with Gasteiger partial charge in [-0.1, -0.05) is 30.3 Å². The molecule has 1 aliphatic carbocycles. The molecule has 7 nitrogen and oxygen atoms in total. The number of halogens is 2. The van der Waals surface area contributed by atoms with Crippen molar-refractivity contribution in [3.63, 3.8) is 0 Å². The fourth-order valence-corrected chi connectivity index (χ4v) is 4.14. The molecular formula is C22H22F2N4O3. The third-order valence-corrected chi connectivity index (χ3v) is 5.98. The molecule has 4 rings (SSSR count). The highest BCUT2D eigenvalue weighted by atomic mass is 19.3. The van der Waals surface area contributed by atoms with Crippen molar-refractivity contribution in [1.29, 1.82) is 0 Å². The number of aromatic nitrogens is 1. The SMILES string of the molecule is NCc1ncccc1-c1ccc(C(=O)CN2C(=O)NC3(CCC(F)(F)CC3)C2=O)cc1. The number of hydrogen-bond acceptors (Lipinski definition) is 5. The van der Waals surface area contributed by atoms with E-state index in [0.717, 1.165) is 21.7 Å². The summed E-state index contributed by atoms with van der Waals surface area (Å²) < 4.78 is 27.0. The largest absolute Gasteiger partial charge is 0.325 e. The van der Waals surface area contributed by atoms with Crippen LogP contribution in [0.3, 0.4) is 0 Å². The summed E-state index contributed by atoms with van der Waals surface area (Å²) >= 11 is 0. The Balaban J connectivity index is 1.47. The number of pyridine rings is 1. The molecule has 3 N–H and O–H groups in total. The summed E-state index contributed by atoms with van der Waals surface area (Å²) in [6, 6.07) is 9.68. The highest BCUT2D eigenvalue weighted by Crippen LogP contribution is 2.41. The van der Waals surface area contributed by atoms with Crippen LogP contribution in [0.5, 0.6) is 0 Å². The van der Waals surface area contributed by atoms with Crippen molar-refractivity contribution in [3.8, 4) is 11.1 Å². The minimum Gasteiger partial charge on any atom is -0.325 e. The van der Waals surface area contributed by atoms with Crippen molar-refractivity contribution in [1.82, 2.24) is 15.2 Å². The number of rotatable bonds is 5. The Hall–Kier alpha value is -3.20. The van der Waals surface area contributed by atoms with Crippen molar-refractivity contribution in [3.05, 3.63) is 53.9 Å². The smallest absolute Gasteiger partial charge is 0.325 e. The number of alkyl halides is 2. The predicted molar refractivity (Wildman–Crippen MR) is 108 cm³/mol. The fourth-order valence-electron chi connectivity index (χ4n) is 4.14. The van der Waals surface area contributed by atoms with E-state index in [1.807, 2.05) is 6.07 Å². The molecule has 2 heterocycles. The van der Waals surface area contributed by atoms with Gasteiger partial charge >= 0.3 is 6.03 Å². The van der Waals surface area contributed by atoms with Gasteiger partial charge in [-0.2, -0.15) is 0 Å². The molecule has 9 heteroatoms. The molecular weight excluding hydrogens is 406 g/mol. The Morgan fingerprint density at radius 1 is 1.10 bits per heavy atom. The summed E-state index contributed by atoms with van der Waals surface area (Å²) in [5, 5.41) is 2.54. The molecule has 1 saturated heterocycles. The standard InChI is InChI=1S/C22H22F2N4O3/c23-22(24)9-7-21(8-10-22)19(30)28(20(31)27-21)13-18(29)15-5-3-14(4-6-15)16-2-1-11-26-17(16)12-25/h1-6,11H,7-10,12-13,25H2,(H,27,31). The molecule has 1 aliphatic heterocycles. The Morgan fingerprint density at radius 2 is 1.77 bits per heavy atom. The van der Waals surface area contributed by atoms with E-state index in [4.69, 9.17) is 5.73 Å². The number of nitrogens with one attached hydrogen (secondary N) is 1. The number of carbonyl (C=O) groups excluding carboxylic acids is 3. The zero-order valence-electron chi connectivity index (χ0n) is 16.7. The molecule has 2 fully saturated rings. The number of nitrogens with zero attached hydrogens (tertiary/aromatic N) is 2. The van der Waals surface area contributed by atoms with E-state index < -0.39 is 48.6 Å². The summed E-state index contributed by atoms with van der Waals surface area (Å²) in [4.78, 5) is 42.9. The molecule has 2 aliphatic rings. The van der Waals surface area contributed by atoms with Crippen LogP contribution >= 0.6 is 0 Å². The van der Waals surface area contributed by atoms with Crippen LogP contribution in [0.2, 0.25) is 0 Å². The number of hydrogen-bond donors (Lipinski definition) is 2. The third kappa shape index (κ3) is 3.93. The number of ketones is 1. The van der Waals surface area contributed by atoms with Crippen LogP contribution in [0.15, 0.2) is 42.6 Å². The molecule has 3 amide bonds. The van der Waals surface area contributed by atoms with Gasteiger partial charge in [-0.15, -0.1) is 0 Å². The van der Waals surface area contributed by atoms with Gasteiger partial charge in [0.05, 0.1) is 12.2 Å². The van der Waals surface area contributed by atoms with Crippen LogP contribution in [-0.2, 0) is 11.3 Å². The van der Waals surface area contributed by atoms with Crippen molar-refractivity contribution in [2.75, 3.05) is 6.54 Å². The Labute approximate surface area is 177 Å². The number of amides is 3. The second-order valence-electron chi connectivity index (χ2n) is 7.96. The van der Waals surface area contributed by atoms with Gasteiger partial charge in [-0.25, -0.2) is 13.6 Å². The molecule has 31 heavy (non-hydrogen) atoms. The van der Waals surface area contributed by atoms with Gasteiger partial charge < -0.3 is 11.1 Å². The number of urea groups is 1. The van der Waals surface area contributed by atoms with Gasteiger partial charge in [-0.05, 0) is 24.5 Å². The van der Waals surface area contributed by atoms with E-state index in [0.29, 0.717) is 5.56 Å². The van der Waals surface area contributed by atoms with Crippen molar-refractivity contribution >= 4 is 17.7 Å². The normalized spacial score (nSPS) is 19.5. The maximum atomic E-state index is 13.5. The van der Waals surface area contributed by atoms with Crippen molar-refractivity contribution < 1.29 is 23.2 Å². The topological polar surface area (TPSA) is 105 Å². The lowest BCUT2D eigenvalue weighted by molar-refractivity contribution is -0.135. The first-order chi connectivity index (χ1) is 14.7. The van der Waals surface area contributed by atoms with Gasteiger partial charge in [0.25, 0.3) is 5.91 Å². The number of Topliss-reactive ketones (excluding diaryl/α,β-unsaturated/α-hetero) is 1. The van der Waals surface area contributed by atoms with Crippen LogP contribution in [-0.4, -0.2) is 45.6 Å². The van der Waals surface area contributed by atoms with Crippen LogP contribution in [0.25, 0.3) is 11.1 Å². The van der Waals surface area contributed by atoms with Crippen LogP contribution < -0.4 is 11.1 Å². The van der Waals surface area contributed by atoms with E-state index in [2.05, 4.69) is 10.3 Å². The average molecular weight is 428 g/mol. The molecule has 0 bridgehead atoms. The summed E-state index contributed by atoms with van der Waals surface area (Å²) in [6.45, 7) is -0.167. The maximum Gasteiger partial charge on any atom is 0.325 e. The zero-order chi connectivity index (χ0) is 22.2. The summed E-state index contributed by atoms with van der Waals surface area (Å²) in [5.74, 6) is -3.86.